The fraction of sp³-hybridized carbons (Fsp3) is 0.375. The van der Waals surface area contributed by atoms with Crippen LogP contribution in [0.2, 0.25) is 0 Å². The number of aromatic nitrogens is 1. The summed E-state index contributed by atoms with van der Waals surface area (Å²) in [7, 11) is 1.71. The van der Waals surface area contributed by atoms with Gasteiger partial charge >= 0.3 is 0 Å². The largest absolute Gasteiger partial charge is 0.497 e. The average Bonchev–Trinajstić information content (AvgIpc) is 2.85. The maximum Gasteiger partial charge on any atom is 0.119 e. The molecule has 1 aromatic heterocycles. The third-order valence-electron chi connectivity index (χ3n) is 3.81. The summed E-state index contributed by atoms with van der Waals surface area (Å²) >= 11 is 0. The quantitative estimate of drug-likeness (QED) is 0.782. The molecule has 3 rings (SSSR count). The van der Waals surface area contributed by atoms with Gasteiger partial charge in [0.05, 0.1) is 12.8 Å². The Labute approximate surface area is 114 Å². The first kappa shape index (κ1) is 12.3. The lowest BCUT2D eigenvalue weighted by Gasteiger charge is -2.14. The van der Waals surface area contributed by atoms with E-state index in [2.05, 4.69) is 29.7 Å². The molecule has 0 saturated heterocycles. The summed E-state index contributed by atoms with van der Waals surface area (Å²) in [6, 6.07) is 8.78. The lowest BCUT2D eigenvalue weighted by atomic mass is 10.1. The first-order chi connectivity index (χ1) is 9.10. The Bertz CT molecular complexity index is 626. The summed E-state index contributed by atoms with van der Waals surface area (Å²) in [6.07, 6.45) is 1.02. The van der Waals surface area contributed by atoms with E-state index in [0.717, 1.165) is 18.7 Å². The third kappa shape index (κ3) is 1.94. The van der Waals surface area contributed by atoms with Gasteiger partial charge in [0.15, 0.2) is 0 Å². The number of fused-ring (bicyclic) bond motifs is 3. The van der Waals surface area contributed by atoms with Gasteiger partial charge in [-0.3, -0.25) is 0 Å². The van der Waals surface area contributed by atoms with Gasteiger partial charge in [-0.1, -0.05) is 6.07 Å². The molecule has 0 bridgehead atoms. The molecular formula is C16H20N2O. The smallest absolute Gasteiger partial charge is 0.119 e. The van der Waals surface area contributed by atoms with Crippen LogP contribution in [0.3, 0.4) is 0 Å². The van der Waals surface area contributed by atoms with E-state index in [1.807, 2.05) is 13.0 Å². The van der Waals surface area contributed by atoms with Crippen LogP contribution in [0.15, 0.2) is 24.3 Å². The summed E-state index contributed by atoms with van der Waals surface area (Å²) < 4.78 is 7.69. The molecule has 100 valence electrons. The van der Waals surface area contributed by atoms with Crippen LogP contribution in [0.4, 0.5) is 0 Å². The van der Waals surface area contributed by atoms with Gasteiger partial charge in [-0.25, -0.2) is 0 Å². The second-order valence-electron chi connectivity index (χ2n) is 5.45. The second-order valence-corrected chi connectivity index (χ2v) is 5.45. The molecule has 1 heterocycles. The molecule has 2 N–H and O–H groups in total. The minimum absolute atomic E-state index is 0.157. The van der Waals surface area contributed by atoms with Gasteiger partial charge < -0.3 is 15.0 Å². The highest BCUT2D eigenvalue weighted by molar-refractivity contribution is 5.76. The summed E-state index contributed by atoms with van der Waals surface area (Å²) in [5, 5.41) is 0. The van der Waals surface area contributed by atoms with Crippen molar-refractivity contribution in [1.29, 1.82) is 0 Å². The van der Waals surface area contributed by atoms with Gasteiger partial charge in [0.2, 0.25) is 0 Å². The molecule has 2 aromatic rings. The molecule has 1 unspecified atom stereocenters. The number of aryl methyl sites for hydroxylation is 1. The molecule has 0 aliphatic heterocycles. The maximum absolute atomic E-state index is 5.98. The van der Waals surface area contributed by atoms with Crippen molar-refractivity contribution in [2.24, 2.45) is 5.73 Å². The Morgan fingerprint density at radius 2 is 2.11 bits per heavy atom. The molecule has 0 saturated carbocycles. The highest BCUT2D eigenvalue weighted by Gasteiger charge is 2.24. The van der Waals surface area contributed by atoms with Crippen LogP contribution in [0.5, 0.6) is 5.75 Å². The zero-order chi connectivity index (χ0) is 13.6. The van der Waals surface area contributed by atoms with Crippen LogP contribution < -0.4 is 10.5 Å². The highest BCUT2D eigenvalue weighted by Crippen LogP contribution is 2.40. The van der Waals surface area contributed by atoms with E-state index in [0.29, 0.717) is 0 Å². The monoisotopic (exact) mass is 256 g/mol. The van der Waals surface area contributed by atoms with Crippen LogP contribution in [0, 0.1) is 6.92 Å². The van der Waals surface area contributed by atoms with Gasteiger partial charge in [0.1, 0.15) is 5.75 Å². The van der Waals surface area contributed by atoms with E-state index in [9.17, 15) is 0 Å². The zero-order valence-electron chi connectivity index (χ0n) is 11.7. The van der Waals surface area contributed by atoms with E-state index in [1.54, 1.807) is 7.11 Å². The minimum atomic E-state index is 0.157. The minimum Gasteiger partial charge on any atom is -0.497 e. The molecule has 0 fully saturated rings. The summed E-state index contributed by atoms with van der Waals surface area (Å²) in [5.41, 5.74) is 12.7. The second kappa shape index (κ2) is 4.42. The topological polar surface area (TPSA) is 40.2 Å². The van der Waals surface area contributed by atoms with Crippen molar-refractivity contribution in [3.8, 4) is 17.0 Å². The number of ether oxygens (including phenoxy) is 1. The number of hydrogen-bond acceptors (Lipinski definition) is 2. The van der Waals surface area contributed by atoms with Crippen molar-refractivity contribution in [2.45, 2.75) is 32.9 Å². The van der Waals surface area contributed by atoms with E-state index in [-0.39, 0.29) is 6.04 Å². The van der Waals surface area contributed by atoms with Crippen LogP contribution >= 0.6 is 0 Å². The summed E-state index contributed by atoms with van der Waals surface area (Å²) in [5.74, 6) is 0.915. The maximum atomic E-state index is 5.98. The Kier molecular flexibility index (Phi) is 2.86. The molecular weight excluding hydrogens is 236 g/mol. The SMILES string of the molecule is COc1ccc2c(c1)-c1c(cc(C)n1CC(C)N)C2. The first-order valence-corrected chi connectivity index (χ1v) is 6.72. The van der Waals surface area contributed by atoms with E-state index < -0.39 is 0 Å². The Morgan fingerprint density at radius 3 is 2.79 bits per heavy atom. The fourth-order valence-electron chi connectivity index (χ4n) is 2.99. The number of benzene rings is 1. The van der Waals surface area contributed by atoms with E-state index >= 15 is 0 Å². The van der Waals surface area contributed by atoms with Crippen molar-refractivity contribution in [2.75, 3.05) is 7.11 Å². The molecule has 1 aromatic carbocycles. The van der Waals surface area contributed by atoms with Crippen molar-refractivity contribution in [1.82, 2.24) is 4.57 Å². The Hall–Kier alpha value is -1.74. The summed E-state index contributed by atoms with van der Waals surface area (Å²) in [6.45, 7) is 5.06. The number of nitrogens with zero attached hydrogens (tertiary/aromatic N) is 1. The Morgan fingerprint density at radius 1 is 1.32 bits per heavy atom. The zero-order valence-corrected chi connectivity index (χ0v) is 11.7. The predicted molar refractivity (Wildman–Crippen MR) is 77.6 cm³/mol. The van der Waals surface area contributed by atoms with E-state index in [4.69, 9.17) is 10.5 Å². The standard InChI is InChI=1S/C16H20N2O/c1-10(17)9-18-11(2)6-13-7-12-4-5-14(19-3)8-15(12)16(13)18/h4-6,8,10H,7,9,17H2,1-3H3. The molecule has 3 heteroatoms. The molecule has 1 aliphatic carbocycles. The molecule has 3 nitrogen and oxygen atoms in total. The lowest BCUT2D eigenvalue weighted by Crippen LogP contribution is -2.23. The van der Waals surface area contributed by atoms with Crippen molar-refractivity contribution >= 4 is 0 Å². The number of rotatable bonds is 3. The third-order valence-corrected chi connectivity index (χ3v) is 3.81. The number of hydrogen-bond donors (Lipinski definition) is 1. The molecule has 0 spiro atoms. The van der Waals surface area contributed by atoms with Crippen LogP contribution in [-0.4, -0.2) is 17.7 Å². The van der Waals surface area contributed by atoms with Crippen LogP contribution in [-0.2, 0) is 13.0 Å². The number of methoxy groups -OCH3 is 1. The first-order valence-electron chi connectivity index (χ1n) is 6.72. The van der Waals surface area contributed by atoms with Crippen LogP contribution in [0.25, 0.3) is 11.3 Å². The van der Waals surface area contributed by atoms with Crippen molar-refractivity contribution in [3.05, 3.63) is 41.1 Å². The molecule has 0 amide bonds. The predicted octanol–water partition coefficient (Wildman–Crippen LogP) is 2.72. The van der Waals surface area contributed by atoms with Gasteiger partial charge in [0, 0.05) is 30.3 Å². The molecule has 19 heavy (non-hydrogen) atoms. The van der Waals surface area contributed by atoms with Crippen LogP contribution in [0.1, 0.15) is 23.7 Å². The van der Waals surface area contributed by atoms with E-state index in [1.165, 1.54) is 28.1 Å². The molecule has 1 aliphatic rings. The van der Waals surface area contributed by atoms with Crippen molar-refractivity contribution in [3.63, 3.8) is 0 Å². The Balaban J connectivity index is 2.14. The van der Waals surface area contributed by atoms with Gasteiger partial charge in [-0.15, -0.1) is 0 Å². The fourth-order valence-corrected chi connectivity index (χ4v) is 2.99. The lowest BCUT2D eigenvalue weighted by molar-refractivity contribution is 0.415. The van der Waals surface area contributed by atoms with Gasteiger partial charge in [-0.2, -0.15) is 0 Å². The summed E-state index contributed by atoms with van der Waals surface area (Å²) in [4.78, 5) is 0. The highest BCUT2D eigenvalue weighted by atomic mass is 16.5. The molecule has 0 radical (unpaired) electrons. The normalized spacial score (nSPS) is 14.1. The number of nitrogens with two attached hydrogens (primary N) is 1. The van der Waals surface area contributed by atoms with Gasteiger partial charge in [-0.05, 0) is 43.2 Å². The average molecular weight is 256 g/mol. The van der Waals surface area contributed by atoms with Gasteiger partial charge in [0.25, 0.3) is 0 Å². The molecule has 1 atom stereocenters. The van der Waals surface area contributed by atoms with Crippen molar-refractivity contribution < 1.29 is 4.74 Å².